The molecule has 0 aromatic rings. The van der Waals surface area contributed by atoms with Crippen LogP contribution in [0.5, 0.6) is 0 Å². The summed E-state index contributed by atoms with van der Waals surface area (Å²) < 4.78 is 3.16. The summed E-state index contributed by atoms with van der Waals surface area (Å²) >= 11 is -0.999. The molecule has 0 N–H and O–H groups in total. The Labute approximate surface area is 63.6 Å². The van der Waals surface area contributed by atoms with Gasteiger partial charge >= 0.3 is 63.4 Å². The summed E-state index contributed by atoms with van der Waals surface area (Å²) in [5, 5.41) is 0. The van der Waals surface area contributed by atoms with Crippen molar-refractivity contribution in [1.82, 2.24) is 0 Å². The van der Waals surface area contributed by atoms with Crippen LogP contribution in [0.4, 0.5) is 0 Å². The summed E-state index contributed by atoms with van der Waals surface area (Å²) in [6, 6.07) is 0. The Morgan fingerprint density at radius 3 is 2.11 bits per heavy atom. The molecule has 0 bridgehead atoms. The van der Waals surface area contributed by atoms with E-state index in [1.54, 1.807) is 6.92 Å². The molecule has 0 aromatic heterocycles. The molecule has 0 aromatic carbocycles. The summed E-state index contributed by atoms with van der Waals surface area (Å²) in [6.07, 6.45) is 4.05. The third-order valence-corrected chi connectivity index (χ3v) is 7.88. The Bertz CT molecular complexity index is 105. The first kappa shape index (κ1) is 7.51. The van der Waals surface area contributed by atoms with Crippen LogP contribution in [-0.4, -0.2) is 12.6 Å². The van der Waals surface area contributed by atoms with Crippen molar-refractivity contribution in [3.63, 3.8) is 0 Å². The molecule has 1 heterocycles. The number of alkyl halides is 2. The van der Waals surface area contributed by atoms with Crippen LogP contribution in [0.25, 0.3) is 0 Å². The molecule has 0 aliphatic carbocycles. The number of carbonyl (C=O) groups is 1. The number of hydrogen-bond acceptors (Lipinski definition) is 1. The summed E-state index contributed by atoms with van der Waals surface area (Å²) in [4.78, 5) is 10.9. The predicted octanol–water partition coefficient (Wildman–Crippen LogP) is 2.22. The Kier molecular flexibility index (Phi) is 2.95. The van der Waals surface area contributed by atoms with Crippen molar-refractivity contribution in [2.75, 3.05) is 8.86 Å². The van der Waals surface area contributed by atoms with Gasteiger partial charge in [-0.15, -0.1) is 0 Å². The average Bonchev–Trinajstić information content (AvgIpc) is 1.90. The van der Waals surface area contributed by atoms with Crippen molar-refractivity contribution in [2.24, 2.45) is 0 Å². The van der Waals surface area contributed by atoms with E-state index in [0.29, 0.717) is 3.79 Å². The van der Waals surface area contributed by atoms with E-state index in [4.69, 9.17) is 0 Å². The van der Waals surface area contributed by atoms with Gasteiger partial charge in [0.25, 0.3) is 0 Å². The molecule has 0 spiro atoms. The minimum atomic E-state index is -0.999. The second-order valence-electron chi connectivity index (χ2n) is 2.37. The Balaban J connectivity index is 2.31. The predicted molar refractivity (Wildman–Crippen MR) is 48.3 cm³/mol. The van der Waals surface area contributed by atoms with Gasteiger partial charge < -0.3 is 0 Å². The third kappa shape index (κ3) is 2.24. The van der Waals surface area contributed by atoms with Crippen molar-refractivity contribution >= 4 is 23.6 Å². The molecular formula is C7H13IO. The monoisotopic (exact) mass is 240 g/mol. The summed E-state index contributed by atoms with van der Waals surface area (Å²) in [7, 11) is 0. The van der Waals surface area contributed by atoms with E-state index in [9.17, 15) is 4.79 Å². The molecule has 0 amide bonds. The fourth-order valence-electron chi connectivity index (χ4n) is 1.05. The van der Waals surface area contributed by atoms with Crippen LogP contribution < -0.4 is 0 Å². The molecule has 1 aliphatic rings. The second-order valence-corrected chi connectivity index (χ2v) is 8.65. The molecule has 0 atom stereocenters. The fraction of sp³-hybridized carbons (Fsp3) is 0.857. The van der Waals surface area contributed by atoms with E-state index in [0.717, 1.165) is 0 Å². The van der Waals surface area contributed by atoms with Crippen molar-refractivity contribution < 1.29 is 4.79 Å². The van der Waals surface area contributed by atoms with Crippen LogP contribution >= 0.6 is 19.8 Å². The van der Waals surface area contributed by atoms with Crippen molar-refractivity contribution in [3.8, 4) is 0 Å². The molecule has 0 radical (unpaired) electrons. The van der Waals surface area contributed by atoms with Crippen LogP contribution in [0.15, 0.2) is 0 Å². The van der Waals surface area contributed by atoms with Gasteiger partial charge in [-0.1, -0.05) is 0 Å². The van der Waals surface area contributed by atoms with E-state index >= 15 is 0 Å². The van der Waals surface area contributed by atoms with Gasteiger partial charge in [0.15, 0.2) is 0 Å². The standard InChI is InChI=1S/C7H13IO/c1-7(9)8-5-3-2-4-6-8/h2-6H2,1H3. The van der Waals surface area contributed by atoms with E-state index in [-0.39, 0.29) is 0 Å². The maximum atomic E-state index is 10.9. The third-order valence-electron chi connectivity index (χ3n) is 1.60. The molecule has 1 rings (SSSR count). The summed E-state index contributed by atoms with van der Waals surface area (Å²) in [6.45, 7) is 1.79. The molecule has 2 heteroatoms. The number of carbonyl (C=O) groups excluding carboxylic acids is 1. The molecule has 1 saturated heterocycles. The molecule has 0 saturated carbocycles. The fourth-order valence-corrected chi connectivity index (χ4v) is 6.03. The van der Waals surface area contributed by atoms with Crippen molar-refractivity contribution in [2.45, 2.75) is 26.2 Å². The molecular weight excluding hydrogens is 227 g/mol. The summed E-state index contributed by atoms with van der Waals surface area (Å²) in [5.74, 6) is 0. The van der Waals surface area contributed by atoms with Crippen LogP contribution in [0.1, 0.15) is 26.2 Å². The number of halogens is 1. The van der Waals surface area contributed by atoms with Gasteiger partial charge in [0, 0.05) is 0 Å². The van der Waals surface area contributed by atoms with Crippen LogP contribution in [0.3, 0.4) is 0 Å². The maximum absolute atomic E-state index is 10.9. The zero-order valence-corrected chi connectivity index (χ0v) is 7.98. The van der Waals surface area contributed by atoms with Crippen LogP contribution in [-0.2, 0) is 4.79 Å². The van der Waals surface area contributed by atoms with Gasteiger partial charge in [-0.2, -0.15) is 0 Å². The first-order chi connectivity index (χ1) is 4.30. The van der Waals surface area contributed by atoms with E-state index in [2.05, 4.69) is 0 Å². The summed E-state index contributed by atoms with van der Waals surface area (Å²) in [5.41, 5.74) is 0. The zero-order chi connectivity index (χ0) is 6.69. The molecule has 1 aliphatic heterocycles. The molecule has 0 unspecified atom stereocenters. The van der Waals surface area contributed by atoms with Gasteiger partial charge in [-0.3, -0.25) is 0 Å². The topological polar surface area (TPSA) is 17.1 Å². The van der Waals surface area contributed by atoms with Gasteiger partial charge in [0.2, 0.25) is 0 Å². The minimum absolute atomic E-state index is 0.555. The van der Waals surface area contributed by atoms with E-state index in [1.165, 1.54) is 28.1 Å². The van der Waals surface area contributed by atoms with Gasteiger partial charge in [0.1, 0.15) is 0 Å². The van der Waals surface area contributed by atoms with Crippen molar-refractivity contribution in [1.29, 1.82) is 0 Å². The molecule has 1 nitrogen and oxygen atoms in total. The average molecular weight is 240 g/mol. The first-order valence-corrected chi connectivity index (χ1v) is 7.56. The number of hydrogen-bond donors (Lipinski definition) is 0. The van der Waals surface area contributed by atoms with Crippen LogP contribution in [0.2, 0.25) is 0 Å². The van der Waals surface area contributed by atoms with Crippen LogP contribution in [0, 0.1) is 0 Å². The van der Waals surface area contributed by atoms with Gasteiger partial charge in [-0.05, 0) is 0 Å². The Hall–Kier alpha value is 0.400. The normalized spacial score (nSPS) is 23.9. The van der Waals surface area contributed by atoms with E-state index < -0.39 is 19.8 Å². The molecule has 54 valence electrons. The quantitative estimate of drug-likeness (QED) is 0.390. The van der Waals surface area contributed by atoms with Gasteiger partial charge in [0.05, 0.1) is 0 Å². The van der Waals surface area contributed by atoms with E-state index in [1.807, 2.05) is 0 Å². The molecule has 1 fully saturated rings. The zero-order valence-electron chi connectivity index (χ0n) is 5.82. The van der Waals surface area contributed by atoms with Gasteiger partial charge in [-0.25, -0.2) is 0 Å². The molecule has 9 heavy (non-hydrogen) atoms. The SMILES string of the molecule is CC(=O)I1CCCCC1. The number of rotatable bonds is 1. The Morgan fingerprint density at radius 2 is 1.78 bits per heavy atom. The second kappa shape index (κ2) is 3.54. The van der Waals surface area contributed by atoms with Crippen molar-refractivity contribution in [3.05, 3.63) is 0 Å². The Morgan fingerprint density at radius 1 is 1.22 bits per heavy atom. The first-order valence-electron chi connectivity index (χ1n) is 3.43.